The van der Waals surface area contributed by atoms with Crippen molar-refractivity contribution in [1.82, 2.24) is 15.5 Å². The van der Waals surface area contributed by atoms with E-state index in [-0.39, 0.29) is 11.1 Å². The Kier molecular flexibility index (Phi) is 3.73. The lowest BCUT2D eigenvalue weighted by molar-refractivity contribution is -0.132. The summed E-state index contributed by atoms with van der Waals surface area (Å²) in [7, 11) is 0. The van der Waals surface area contributed by atoms with Gasteiger partial charge in [0.2, 0.25) is 0 Å². The maximum absolute atomic E-state index is 12.0. The second-order valence-corrected chi connectivity index (χ2v) is 4.07. The Labute approximate surface area is 110 Å². The first-order chi connectivity index (χ1) is 9.38. The molecule has 8 heteroatoms. The summed E-state index contributed by atoms with van der Waals surface area (Å²) in [5.74, 6) is -0.762. The summed E-state index contributed by atoms with van der Waals surface area (Å²) in [5.41, 5.74) is -0.574. The van der Waals surface area contributed by atoms with Crippen LogP contribution in [0.25, 0.3) is 10.8 Å². The first-order valence-electron chi connectivity index (χ1n) is 5.71. The number of carbonyl (C=O) groups excluding carboxylic acids is 1. The van der Waals surface area contributed by atoms with E-state index >= 15 is 0 Å². The molecule has 2 N–H and O–H groups in total. The predicted octanol–water partition coefficient (Wildman–Crippen LogP) is 1.61. The summed E-state index contributed by atoms with van der Waals surface area (Å²) in [4.78, 5) is 23.3. The topological polar surface area (TPSA) is 74.8 Å². The number of benzene rings is 1. The number of rotatable bonds is 3. The molecule has 0 aliphatic carbocycles. The van der Waals surface area contributed by atoms with E-state index in [1.54, 1.807) is 12.1 Å². The number of nitrogens with one attached hydrogen (secondary N) is 2. The highest BCUT2D eigenvalue weighted by Crippen LogP contribution is 2.18. The van der Waals surface area contributed by atoms with Crippen molar-refractivity contribution in [2.24, 2.45) is 0 Å². The van der Waals surface area contributed by atoms with E-state index in [1.807, 2.05) is 0 Å². The molecule has 0 atom stereocenters. The average molecular weight is 285 g/mol. The van der Waals surface area contributed by atoms with Gasteiger partial charge >= 0.3 is 6.18 Å². The van der Waals surface area contributed by atoms with Gasteiger partial charge in [-0.1, -0.05) is 18.2 Å². The Morgan fingerprint density at radius 3 is 2.55 bits per heavy atom. The van der Waals surface area contributed by atoms with Crippen molar-refractivity contribution >= 4 is 16.7 Å². The molecule has 0 spiro atoms. The van der Waals surface area contributed by atoms with E-state index < -0.39 is 30.6 Å². The van der Waals surface area contributed by atoms with E-state index in [0.717, 1.165) is 0 Å². The maximum Gasteiger partial charge on any atom is 0.390 e. The van der Waals surface area contributed by atoms with E-state index in [2.05, 4.69) is 15.5 Å². The molecular weight excluding hydrogens is 275 g/mol. The second kappa shape index (κ2) is 5.32. The van der Waals surface area contributed by atoms with Crippen LogP contribution in [0.15, 0.2) is 29.1 Å². The van der Waals surface area contributed by atoms with E-state index in [1.165, 1.54) is 12.1 Å². The number of fused-ring (bicyclic) bond motifs is 1. The van der Waals surface area contributed by atoms with Crippen LogP contribution in [0.5, 0.6) is 0 Å². The monoisotopic (exact) mass is 285 g/mol. The third kappa shape index (κ3) is 3.14. The van der Waals surface area contributed by atoms with Gasteiger partial charge in [0, 0.05) is 11.9 Å². The third-order valence-corrected chi connectivity index (χ3v) is 2.61. The highest BCUT2D eigenvalue weighted by atomic mass is 19.4. The number of alkyl halides is 3. The summed E-state index contributed by atoms with van der Waals surface area (Å²) < 4.78 is 36.0. The summed E-state index contributed by atoms with van der Waals surface area (Å²) in [6.07, 6.45) is -5.46. The summed E-state index contributed by atoms with van der Waals surface area (Å²) in [6.45, 7) is -0.544. The molecule has 1 aromatic heterocycles. The summed E-state index contributed by atoms with van der Waals surface area (Å²) in [6, 6.07) is 6.23. The molecule has 1 heterocycles. The lowest BCUT2D eigenvalue weighted by atomic mass is 10.1. The van der Waals surface area contributed by atoms with Crippen LogP contribution in [0.2, 0.25) is 0 Å². The van der Waals surface area contributed by atoms with Crippen molar-refractivity contribution < 1.29 is 18.0 Å². The highest BCUT2D eigenvalue weighted by molar-refractivity contribution is 6.04. The molecule has 0 saturated heterocycles. The van der Waals surface area contributed by atoms with Gasteiger partial charge < -0.3 is 5.32 Å². The molecule has 1 aromatic carbocycles. The van der Waals surface area contributed by atoms with Crippen LogP contribution < -0.4 is 10.9 Å². The van der Waals surface area contributed by atoms with Gasteiger partial charge in [0.15, 0.2) is 5.69 Å². The minimum Gasteiger partial charge on any atom is -0.350 e. The van der Waals surface area contributed by atoms with Crippen molar-refractivity contribution in [2.45, 2.75) is 12.6 Å². The number of carbonyl (C=O) groups is 1. The van der Waals surface area contributed by atoms with Gasteiger partial charge in [-0.3, -0.25) is 9.59 Å². The Morgan fingerprint density at radius 1 is 1.25 bits per heavy atom. The zero-order chi connectivity index (χ0) is 14.8. The average Bonchev–Trinajstić information content (AvgIpc) is 2.38. The second-order valence-electron chi connectivity index (χ2n) is 4.07. The number of hydrogen-bond donors (Lipinski definition) is 2. The quantitative estimate of drug-likeness (QED) is 0.899. The molecular formula is C12H10F3N3O2. The fourth-order valence-corrected chi connectivity index (χ4v) is 1.69. The Hall–Kier alpha value is -2.38. The van der Waals surface area contributed by atoms with Gasteiger partial charge in [-0.2, -0.15) is 18.3 Å². The molecule has 0 fully saturated rings. The molecule has 0 aliphatic rings. The van der Waals surface area contributed by atoms with Crippen molar-refractivity contribution in [1.29, 1.82) is 0 Å². The van der Waals surface area contributed by atoms with Crippen molar-refractivity contribution in [3.63, 3.8) is 0 Å². The predicted molar refractivity (Wildman–Crippen MR) is 65.4 cm³/mol. The van der Waals surface area contributed by atoms with Crippen LogP contribution >= 0.6 is 0 Å². The first kappa shape index (κ1) is 14.0. The van der Waals surface area contributed by atoms with Crippen LogP contribution in [0.4, 0.5) is 13.2 Å². The SMILES string of the molecule is O=C(NCCC(F)(F)F)c1n[nH]c(=O)c2ccccc12. The third-order valence-electron chi connectivity index (χ3n) is 2.61. The van der Waals surface area contributed by atoms with Crippen LogP contribution in [-0.4, -0.2) is 28.8 Å². The van der Waals surface area contributed by atoms with Crippen LogP contribution in [0, 0.1) is 0 Å². The normalized spacial score (nSPS) is 11.6. The molecule has 5 nitrogen and oxygen atoms in total. The first-order valence-corrected chi connectivity index (χ1v) is 5.71. The standard InChI is InChI=1S/C12H10F3N3O2/c13-12(14,15)5-6-16-11(20)9-7-3-1-2-4-8(7)10(19)18-17-9/h1-4H,5-6H2,(H,16,20)(H,18,19). The van der Waals surface area contributed by atoms with Crippen LogP contribution in [-0.2, 0) is 0 Å². The van der Waals surface area contributed by atoms with Crippen molar-refractivity contribution in [2.75, 3.05) is 6.54 Å². The van der Waals surface area contributed by atoms with Gasteiger partial charge in [-0.15, -0.1) is 0 Å². The zero-order valence-corrected chi connectivity index (χ0v) is 10.1. The van der Waals surface area contributed by atoms with E-state index in [0.29, 0.717) is 5.39 Å². The van der Waals surface area contributed by atoms with Crippen molar-refractivity contribution in [3.05, 3.63) is 40.3 Å². The van der Waals surface area contributed by atoms with Gasteiger partial charge in [-0.05, 0) is 6.07 Å². The van der Waals surface area contributed by atoms with Gasteiger partial charge in [0.05, 0.1) is 11.8 Å². The van der Waals surface area contributed by atoms with Crippen LogP contribution in [0.1, 0.15) is 16.9 Å². The lowest BCUT2D eigenvalue weighted by Crippen LogP contribution is -2.29. The smallest absolute Gasteiger partial charge is 0.350 e. The maximum atomic E-state index is 12.0. The molecule has 0 radical (unpaired) electrons. The Morgan fingerprint density at radius 2 is 1.90 bits per heavy atom. The number of hydrogen-bond acceptors (Lipinski definition) is 3. The molecule has 1 amide bonds. The van der Waals surface area contributed by atoms with Crippen molar-refractivity contribution in [3.8, 4) is 0 Å². The van der Waals surface area contributed by atoms with Gasteiger partial charge in [0.25, 0.3) is 11.5 Å². The number of halogens is 3. The Bertz CT molecular complexity index is 694. The van der Waals surface area contributed by atoms with Gasteiger partial charge in [0.1, 0.15) is 0 Å². The molecule has 2 aromatic rings. The molecule has 20 heavy (non-hydrogen) atoms. The van der Waals surface area contributed by atoms with E-state index in [4.69, 9.17) is 0 Å². The number of H-pyrrole nitrogens is 1. The number of aromatic nitrogens is 2. The lowest BCUT2D eigenvalue weighted by Gasteiger charge is -2.08. The number of nitrogens with zero attached hydrogens (tertiary/aromatic N) is 1. The minimum atomic E-state index is -4.34. The zero-order valence-electron chi connectivity index (χ0n) is 10.1. The molecule has 0 aliphatic heterocycles. The fraction of sp³-hybridized carbons (Fsp3) is 0.250. The molecule has 106 valence electrons. The van der Waals surface area contributed by atoms with Gasteiger partial charge in [-0.25, -0.2) is 5.10 Å². The molecule has 0 unspecified atom stereocenters. The van der Waals surface area contributed by atoms with Crippen LogP contribution in [0.3, 0.4) is 0 Å². The van der Waals surface area contributed by atoms with E-state index in [9.17, 15) is 22.8 Å². The molecule has 0 bridgehead atoms. The summed E-state index contributed by atoms with van der Waals surface area (Å²) in [5, 5.41) is 8.40. The summed E-state index contributed by atoms with van der Waals surface area (Å²) >= 11 is 0. The minimum absolute atomic E-state index is 0.109. The molecule has 0 saturated carbocycles. The number of amides is 1. The fourth-order valence-electron chi connectivity index (χ4n) is 1.69. The highest BCUT2D eigenvalue weighted by Gasteiger charge is 2.27. The largest absolute Gasteiger partial charge is 0.390 e. The molecule has 2 rings (SSSR count). The number of aromatic amines is 1. The Balaban J connectivity index is 2.23.